The molecule has 0 aliphatic heterocycles. The van der Waals surface area contributed by atoms with Crippen molar-refractivity contribution >= 4 is 18.1 Å². The molecule has 0 unspecified atom stereocenters. The fourth-order valence-electron chi connectivity index (χ4n) is 3.04. The molecule has 0 bridgehead atoms. The van der Waals surface area contributed by atoms with E-state index >= 15 is 0 Å². The fourth-order valence-corrected chi connectivity index (χ4v) is 3.04. The molecular formula is C22H23N2O3-. The number of benzene rings is 2. The van der Waals surface area contributed by atoms with E-state index in [9.17, 15) is 14.7 Å². The van der Waals surface area contributed by atoms with E-state index in [0.29, 0.717) is 5.56 Å². The number of nitrogens with zero attached hydrogens (tertiary/aromatic N) is 1. The summed E-state index contributed by atoms with van der Waals surface area (Å²) in [5, 5.41) is 14.7. The van der Waals surface area contributed by atoms with E-state index in [2.05, 4.69) is 55.6 Å². The van der Waals surface area contributed by atoms with Crippen molar-refractivity contribution < 1.29 is 14.7 Å². The number of amides is 1. The topological polar surface area (TPSA) is 81.6 Å². The molecule has 0 radical (unpaired) electrons. The molecule has 2 aromatic rings. The van der Waals surface area contributed by atoms with Crippen LogP contribution in [0.4, 0.5) is 0 Å². The van der Waals surface area contributed by atoms with Crippen molar-refractivity contribution in [3.8, 4) is 0 Å². The summed E-state index contributed by atoms with van der Waals surface area (Å²) in [4.78, 5) is 22.9. The maximum Gasteiger partial charge on any atom is 0.243 e. The monoisotopic (exact) mass is 363 g/mol. The predicted octanol–water partition coefficient (Wildman–Crippen LogP) is 2.60. The highest BCUT2D eigenvalue weighted by Gasteiger charge is 2.43. The van der Waals surface area contributed by atoms with Crippen LogP contribution in [0.3, 0.4) is 0 Å². The third kappa shape index (κ3) is 4.61. The second-order valence-electron chi connectivity index (χ2n) is 7.96. The first kappa shape index (κ1) is 18.8. The SMILES string of the molecule is CC(C)(C)c1ccc([C@@H]2C[C@H]2C(=O)N/N=C\c2ccc(C(=O)[O-])cc2)cc1. The fraction of sp³-hybridized carbons (Fsp3) is 0.318. The summed E-state index contributed by atoms with van der Waals surface area (Å²) in [6, 6.07) is 14.6. The third-order valence-electron chi connectivity index (χ3n) is 4.87. The molecule has 1 fully saturated rings. The van der Waals surface area contributed by atoms with Crippen LogP contribution in [0.5, 0.6) is 0 Å². The zero-order valence-corrected chi connectivity index (χ0v) is 15.7. The first-order valence-electron chi connectivity index (χ1n) is 9.00. The number of carbonyl (C=O) groups excluding carboxylic acids is 2. The highest BCUT2D eigenvalue weighted by Crippen LogP contribution is 2.47. The first-order chi connectivity index (χ1) is 12.8. The molecule has 140 valence electrons. The van der Waals surface area contributed by atoms with Gasteiger partial charge in [-0.05, 0) is 40.0 Å². The van der Waals surface area contributed by atoms with Gasteiger partial charge in [0.15, 0.2) is 0 Å². The molecule has 1 aliphatic rings. The lowest BCUT2D eigenvalue weighted by atomic mass is 9.86. The summed E-state index contributed by atoms with van der Waals surface area (Å²) >= 11 is 0. The molecule has 2 atom stereocenters. The molecule has 2 aromatic carbocycles. The van der Waals surface area contributed by atoms with Crippen LogP contribution in [-0.4, -0.2) is 18.1 Å². The highest BCUT2D eigenvalue weighted by atomic mass is 16.4. The van der Waals surface area contributed by atoms with Crippen molar-refractivity contribution in [2.45, 2.75) is 38.5 Å². The standard InChI is InChI=1S/C22H24N2O3/c1-22(2,3)17-10-8-15(9-11-17)18-12-19(18)20(25)24-23-13-14-4-6-16(7-5-14)21(26)27/h4-11,13,18-19H,12H2,1-3H3,(H,24,25)(H,26,27)/p-1/b23-13-/t18-,19+/m0/s1. The molecule has 1 N–H and O–H groups in total. The van der Waals surface area contributed by atoms with E-state index in [1.807, 2.05) is 0 Å². The Kier molecular flexibility index (Phi) is 5.13. The zero-order chi connectivity index (χ0) is 19.6. The number of carboxylic acid groups (broad SMARTS) is 1. The maximum absolute atomic E-state index is 12.2. The molecule has 1 amide bonds. The van der Waals surface area contributed by atoms with Gasteiger partial charge < -0.3 is 9.90 Å². The van der Waals surface area contributed by atoms with Gasteiger partial charge in [0.05, 0.1) is 12.2 Å². The van der Waals surface area contributed by atoms with Crippen LogP contribution in [0, 0.1) is 5.92 Å². The van der Waals surface area contributed by atoms with Gasteiger partial charge in [-0.2, -0.15) is 5.10 Å². The van der Waals surface area contributed by atoms with Crippen molar-refractivity contribution in [2.24, 2.45) is 11.0 Å². The minimum Gasteiger partial charge on any atom is -0.545 e. The molecule has 0 heterocycles. The summed E-state index contributed by atoms with van der Waals surface area (Å²) in [6.45, 7) is 6.54. The van der Waals surface area contributed by atoms with E-state index in [1.54, 1.807) is 12.1 Å². The van der Waals surface area contributed by atoms with Crippen LogP contribution in [0.15, 0.2) is 53.6 Å². The lowest BCUT2D eigenvalue weighted by Gasteiger charge is -2.19. The average molecular weight is 363 g/mol. The Morgan fingerprint density at radius 1 is 1.07 bits per heavy atom. The van der Waals surface area contributed by atoms with Crippen LogP contribution in [0.1, 0.15) is 60.2 Å². The largest absolute Gasteiger partial charge is 0.545 e. The second-order valence-corrected chi connectivity index (χ2v) is 7.96. The van der Waals surface area contributed by atoms with Gasteiger partial charge in [-0.3, -0.25) is 4.79 Å². The predicted molar refractivity (Wildman–Crippen MR) is 102 cm³/mol. The van der Waals surface area contributed by atoms with Crippen LogP contribution in [0.2, 0.25) is 0 Å². The van der Waals surface area contributed by atoms with Gasteiger partial charge in [-0.15, -0.1) is 0 Å². The quantitative estimate of drug-likeness (QED) is 0.655. The van der Waals surface area contributed by atoms with Crippen LogP contribution in [-0.2, 0) is 10.2 Å². The number of hydrazone groups is 1. The van der Waals surface area contributed by atoms with Crippen molar-refractivity contribution in [2.75, 3.05) is 0 Å². The van der Waals surface area contributed by atoms with E-state index < -0.39 is 5.97 Å². The highest BCUT2D eigenvalue weighted by molar-refractivity contribution is 5.88. The van der Waals surface area contributed by atoms with E-state index in [0.717, 1.165) is 6.42 Å². The summed E-state index contributed by atoms with van der Waals surface area (Å²) in [6.07, 6.45) is 2.32. The Morgan fingerprint density at radius 2 is 1.70 bits per heavy atom. The Hall–Kier alpha value is -2.95. The van der Waals surface area contributed by atoms with Crippen LogP contribution in [0.25, 0.3) is 0 Å². The number of carboxylic acids is 1. The van der Waals surface area contributed by atoms with Gasteiger partial charge in [0.2, 0.25) is 5.91 Å². The van der Waals surface area contributed by atoms with Crippen LogP contribution >= 0.6 is 0 Å². The lowest BCUT2D eigenvalue weighted by Crippen LogP contribution is -2.22. The summed E-state index contributed by atoms with van der Waals surface area (Å²) in [7, 11) is 0. The Labute approximate surface area is 159 Å². The van der Waals surface area contributed by atoms with Crippen molar-refractivity contribution in [3.05, 3.63) is 70.8 Å². The molecule has 0 aromatic heterocycles. The molecule has 1 aliphatic carbocycles. The average Bonchev–Trinajstić information content (AvgIpc) is 3.42. The Balaban J connectivity index is 1.53. The van der Waals surface area contributed by atoms with E-state index in [-0.39, 0.29) is 28.7 Å². The molecule has 5 heteroatoms. The number of hydrogen-bond acceptors (Lipinski definition) is 4. The zero-order valence-electron chi connectivity index (χ0n) is 15.7. The Bertz CT molecular complexity index is 862. The number of rotatable bonds is 5. The lowest BCUT2D eigenvalue weighted by molar-refractivity contribution is -0.255. The van der Waals surface area contributed by atoms with Crippen molar-refractivity contribution in [1.82, 2.24) is 5.43 Å². The van der Waals surface area contributed by atoms with Gasteiger partial charge in [0, 0.05) is 5.92 Å². The summed E-state index contributed by atoms with van der Waals surface area (Å²) in [5.74, 6) is -1.12. The van der Waals surface area contributed by atoms with Crippen molar-refractivity contribution in [3.63, 3.8) is 0 Å². The third-order valence-corrected chi connectivity index (χ3v) is 4.87. The molecular weight excluding hydrogens is 340 g/mol. The van der Waals surface area contributed by atoms with Gasteiger partial charge >= 0.3 is 0 Å². The smallest absolute Gasteiger partial charge is 0.243 e. The first-order valence-corrected chi connectivity index (χ1v) is 9.00. The minimum absolute atomic E-state index is 0.0527. The Morgan fingerprint density at radius 3 is 2.26 bits per heavy atom. The summed E-state index contributed by atoms with van der Waals surface area (Å²) < 4.78 is 0. The van der Waals surface area contributed by atoms with E-state index in [4.69, 9.17) is 0 Å². The number of carbonyl (C=O) groups is 2. The number of nitrogens with one attached hydrogen (secondary N) is 1. The molecule has 1 saturated carbocycles. The van der Waals surface area contributed by atoms with Gasteiger partial charge in [-0.25, -0.2) is 5.43 Å². The normalized spacial score (nSPS) is 19.1. The van der Waals surface area contributed by atoms with Crippen molar-refractivity contribution in [1.29, 1.82) is 0 Å². The van der Waals surface area contributed by atoms with E-state index in [1.165, 1.54) is 29.5 Å². The molecule has 5 nitrogen and oxygen atoms in total. The molecule has 27 heavy (non-hydrogen) atoms. The summed E-state index contributed by atoms with van der Waals surface area (Å²) in [5.41, 5.74) is 5.96. The number of aromatic carboxylic acids is 1. The molecule has 3 rings (SSSR count). The van der Waals surface area contributed by atoms with Gasteiger partial charge in [0.1, 0.15) is 0 Å². The number of hydrogen-bond donors (Lipinski definition) is 1. The second kappa shape index (κ2) is 7.35. The minimum atomic E-state index is -1.22. The van der Waals surface area contributed by atoms with Gasteiger partial charge in [0.25, 0.3) is 0 Å². The molecule has 0 saturated heterocycles. The molecule has 0 spiro atoms. The van der Waals surface area contributed by atoms with Gasteiger partial charge in [-0.1, -0.05) is 69.3 Å². The van der Waals surface area contributed by atoms with Crippen LogP contribution < -0.4 is 10.5 Å². The maximum atomic E-state index is 12.2.